The highest BCUT2D eigenvalue weighted by Crippen LogP contribution is 2.10. The van der Waals surface area contributed by atoms with E-state index in [1.54, 1.807) is 0 Å². The van der Waals surface area contributed by atoms with Crippen LogP contribution in [0.15, 0.2) is 42.6 Å². The van der Waals surface area contributed by atoms with Crippen molar-refractivity contribution in [3.05, 3.63) is 65.0 Å². The van der Waals surface area contributed by atoms with Gasteiger partial charge in [0.15, 0.2) is 0 Å². The first-order chi connectivity index (χ1) is 9.81. The second kappa shape index (κ2) is 7.78. The summed E-state index contributed by atoms with van der Waals surface area (Å²) in [6.45, 7) is 7.15. The molecule has 106 valence electrons. The molecule has 0 amide bonds. The van der Waals surface area contributed by atoms with Gasteiger partial charge in [0.05, 0.1) is 12.3 Å². The summed E-state index contributed by atoms with van der Waals surface area (Å²) in [5, 5.41) is 3.46. The van der Waals surface area contributed by atoms with Crippen LogP contribution >= 0.6 is 0 Å². The molecule has 0 fully saturated rings. The van der Waals surface area contributed by atoms with E-state index in [1.807, 2.05) is 19.2 Å². The number of aromatic nitrogens is 1. The zero-order chi connectivity index (χ0) is 14.2. The number of ether oxygens (including phenoxy) is 1. The third-order valence-corrected chi connectivity index (χ3v) is 3.31. The second-order valence-corrected chi connectivity index (χ2v) is 4.78. The lowest BCUT2D eigenvalue weighted by Gasteiger charge is -2.11. The lowest BCUT2D eigenvalue weighted by atomic mass is 10.1. The molecule has 0 aliphatic heterocycles. The summed E-state index contributed by atoms with van der Waals surface area (Å²) >= 11 is 0. The minimum Gasteiger partial charge on any atom is -0.377 e. The Labute approximate surface area is 121 Å². The third-order valence-electron chi connectivity index (χ3n) is 3.31. The Bertz CT molecular complexity index is 540. The van der Waals surface area contributed by atoms with Gasteiger partial charge in [-0.2, -0.15) is 0 Å². The number of aryl methyl sites for hydroxylation is 1. The largest absolute Gasteiger partial charge is 0.377 e. The van der Waals surface area contributed by atoms with Crippen molar-refractivity contribution in [3.8, 4) is 0 Å². The maximum Gasteiger partial charge on any atom is 0.0719 e. The van der Waals surface area contributed by atoms with Crippen molar-refractivity contribution in [2.75, 3.05) is 6.61 Å². The quantitative estimate of drug-likeness (QED) is 0.839. The van der Waals surface area contributed by atoms with Gasteiger partial charge in [0.2, 0.25) is 0 Å². The lowest BCUT2D eigenvalue weighted by molar-refractivity contribution is 0.133. The molecule has 0 aliphatic rings. The van der Waals surface area contributed by atoms with Crippen LogP contribution in [0.4, 0.5) is 0 Å². The summed E-state index contributed by atoms with van der Waals surface area (Å²) in [7, 11) is 0. The van der Waals surface area contributed by atoms with Crippen LogP contribution in [0.25, 0.3) is 0 Å². The number of hydrogen-bond acceptors (Lipinski definition) is 3. The number of rotatable bonds is 7. The van der Waals surface area contributed by atoms with Crippen LogP contribution in [0, 0.1) is 6.92 Å². The summed E-state index contributed by atoms with van der Waals surface area (Å²) in [6.07, 6.45) is 1.84. The maximum absolute atomic E-state index is 5.50. The van der Waals surface area contributed by atoms with Crippen molar-refractivity contribution in [2.45, 2.75) is 33.5 Å². The van der Waals surface area contributed by atoms with E-state index in [0.717, 1.165) is 25.4 Å². The van der Waals surface area contributed by atoms with E-state index in [9.17, 15) is 0 Å². The molecular weight excluding hydrogens is 248 g/mol. The molecule has 1 N–H and O–H groups in total. The van der Waals surface area contributed by atoms with E-state index in [-0.39, 0.29) is 0 Å². The van der Waals surface area contributed by atoms with E-state index < -0.39 is 0 Å². The van der Waals surface area contributed by atoms with Gasteiger partial charge in [-0.1, -0.05) is 30.3 Å². The molecule has 0 unspecified atom stereocenters. The molecule has 0 radical (unpaired) electrons. The number of pyridine rings is 1. The van der Waals surface area contributed by atoms with Crippen LogP contribution in [0.5, 0.6) is 0 Å². The standard InChI is InChI=1S/C17H22N2O/c1-3-20-13-16-9-5-4-8-15(16)11-18-12-17-14(2)7-6-10-19-17/h4-10,18H,3,11-13H2,1-2H3. The predicted octanol–water partition coefficient (Wildman–Crippen LogP) is 3.22. The minimum absolute atomic E-state index is 0.678. The molecule has 2 rings (SSSR count). The Balaban J connectivity index is 1.92. The maximum atomic E-state index is 5.50. The Morgan fingerprint density at radius 2 is 1.85 bits per heavy atom. The fourth-order valence-corrected chi connectivity index (χ4v) is 2.10. The van der Waals surface area contributed by atoms with Crippen molar-refractivity contribution >= 4 is 0 Å². The van der Waals surface area contributed by atoms with Gasteiger partial charge in [-0.15, -0.1) is 0 Å². The number of benzene rings is 1. The number of nitrogens with one attached hydrogen (secondary N) is 1. The van der Waals surface area contributed by atoms with Crippen molar-refractivity contribution in [2.24, 2.45) is 0 Å². The molecule has 1 heterocycles. The summed E-state index contributed by atoms with van der Waals surface area (Å²) in [4.78, 5) is 4.39. The average molecular weight is 270 g/mol. The van der Waals surface area contributed by atoms with Gasteiger partial charge < -0.3 is 10.1 Å². The van der Waals surface area contributed by atoms with Gasteiger partial charge in [-0.3, -0.25) is 4.98 Å². The van der Waals surface area contributed by atoms with Gasteiger partial charge in [0.1, 0.15) is 0 Å². The van der Waals surface area contributed by atoms with Crippen molar-refractivity contribution in [1.29, 1.82) is 0 Å². The Hall–Kier alpha value is -1.71. The Morgan fingerprint density at radius 1 is 1.05 bits per heavy atom. The normalized spacial score (nSPS) is 10.7. The van der Waals surface area contributed by atoms with E-state index in [0.29, 0.717) is 6.61 Å². The molecule has 1 aromatic carbocycles. The first-order valence-corrected chi connectivity index (χ1v) is 7.07. The molecule has 1 aromatic heterocycles. The van der Waals surface area contributed by atoms with Crippen LogP contribution in [-0.2, 0) is 24.4 Å². The highest BCUT2D eigenvalue weighted by atomic mass is 16.5. The summed E-state index contributed by atoms with van der Waals surface area (Å²) in [5.41, 5.74) is 4.87. The fraction of sp³-hybridized carbons (Fsp3) is 0.353. The Kier molecular flexibility index (Phi) is 5.71. The molecule has 2 aromatic rings. The lowest BCUT2D eigenvalue weighted by Crippen LogP contribution is -2.16. The highest BCUT2D eigenvalue weighted by molar-refractivity contribution is 5.26. The van der Waals surface area contributed by atoms with Crippen molar-refractivity contribution in [3.63, 3.8) is 0 Å². The second-order valence-electron chi connectivity index (χ2n) is 4.78. The molecular formula is C17H22N2O. The van der Waals surface area contributed by atoms with E-state index >= 15 is 0 Å². The Morgan fingerprint density at radius 3 is 2.60 bits per heavy atom. The molecule has 3 heteroatoms. The van der Waals surface area contributed by atoms with Crippen molar-refractivity contribution < 1.29 is 4.74 Å². The van der Waals surface area contributed by atoms with Crippen LogP contribution in [0.3, 0.4) is 0 Å². The minimum atomic E-state index is 0.678. The van der Waals surface area contributed by atoms with E-state index in [1.165, 1.54) is 16.7 Å². The number of nitrogens with zero attached hydrogens (tertiary/aromatic N) is 1. The summed E-state index contributed by atoms with van der Waals surface area (Å²) < 4.78 is 5.50. The SMILES string of the molecule is CCOCc1ccccc1CNCc1ncccc1C. The van der Waals surface area contributed by atoms with Gasteiger partial charge in [-0.25, -0.2) is 0 Å². The van der Waals surface area contributed by atoms with Gasteiger partial charge >= 0.3 is 0 Å². The predicted molar refractivity (Wildman–Crippen MR) is 81.3 cm³/mol. The third kappa shape index (κ3) is 4.15. The first-order valence-electron chi connectivity index (χ1n) is 7.07. The van der Waals surface area contributed by atoms with Gasteiger partial charge in [0, 0.05) is 25.9 Å². The highest BCUT2D eigenvalue weighted by Gasteiger charge is 2.03. The number of hydrogen-bond donors (Lipinski definition) is 1. The molecule has 0 bridgehead atoms. The van der Waals surface area contributed by atoms with Crippen molar-refractivity contribution in [1.82, 2.24) is 10.3 Å². The topological polar surface area (TPSA) is 34.1 Å². The van der Waals surface area contributed by atoms with Crippen LogP contribution in [0.1, 0.15) is 29.3 Å². The molecule has 0 saturated carbocycles. The van der Waals surface area contributed by atoms with Crippen LogP contribution < -0.4 is 5.32 Å². The zero-order valence-corrected chi connectivity index (χ0v) is 12.2. The monoisotopic (exact) mass is 270 g/mol. The molecule has 0 atom stereocenters. The smallest absolute Gasteiger partial charge is 0.0719 e. The molecule has 0 saturated heterocycles. The van der Waals surface area contributed by atoms with E-state index in [4.69, 9.17) is 4.74 Å². The van der Waals surface area contributed by atoms with Crippen LogP contribution in [0.2, 0.25) is 0 Å². The van der Waals surface area contributed by atoms with Gasteiger partial charge in [0.25, 0.3) is 0 Å². The molecule has 0 spiro atoms. The molecule has 20 heavy (non-hydrogen) atoms. The van der Waals surface area contributed by atoms with Crippen LogP contribution in [-0.4, -0.2) is 11.6 Å². The van der Waals surface area contributed by atoms with Gasteiger partial charge in [-0.05, 0) is 36.6 Å². The fourth-order valence-electron chi connectivity index (χ4n) is 2.10. The zero-order valence-electron chi connectivity index (χ0n) is 12.2. The molecule has 3 nitrogen and oxygen atoms in total. The summed E-state index contributed by atoms with van der Waals surface area (Å²) in [6, 6.07) is 12.5. The summed E-state index contributed by atoms with van der Waals surface area (Å²) in [5.74, 6) is 0. The first kappa shape index (κ1) is 14.7. The molecule has 0 aliphatic carbocycles. The van der Waals surface area contributed by atoms with E-state index in [2.05, 4.69) is 47.6 Å². The average Bonchev–Trinajstić information content (AvgIpc) is 2.48.